The van der Waals surface area contributed by atoms with Crippen molar-refractivity contribution in [1.29, 1.82) is 0 Å². The number of carbonyl (C=O) groups excluding carboxylic acids is 1. The van der Waals surface area contributed by atoms with Crippen LogP contribution in [0.3, 0.4) is 0 Å². The highest BCUT2D eigenvalue weighted by Gasteiger charge is 2.21. The van der Waals surface area contributed by atoms with Crippen molar-refractivity contribution in [2.45, 2.75) is 12.1 Å². The molecule has 0 saturated carbocycles. The summed E-state index contributed by atoms with van der Waals surface area (Å²) in [7, 11) is 4.68. The van der Waals surface area contributed by atoms with Gasteiger partial charge in [0.15, 0.2) is 22.5 Å². The fourth-order valence-electron chi connectivity index (χ4n) is 3.42. The van der Waals surface area contributed by atoms with Gasteiger partial charge in [0.05, 0.1) is 32.8 Å². The molecule has 0 aliphatic rings. The molecule has 1 N–H and O–H groups in total. The molecule has 4 aromatic rings. The molecule has 0 spiro atoms. The van der Waals surface area contributed by atoms with Gasteiger partial charge in [-0.05, 0) is 42.6 Å². The number of benzene rings is 2. The molecule has 2 aromatic heterocycles. The Bertz CT molecular complexity index is 1330. The molecule has 11 heteroatoms. The van der Waals surface area contributed by atoms with E-state index in [4.69, 9.17) is 14.2 Å². The minimum atomic E-state index is -0.243. The Labute approximate surface area is 217 Å². The largest absolute Gasteiger partial charge is 0.493 e. The Morgan fingerprint density at radius 2 is 1.75 bits per heavy atom. The molecule has 1 amide bonds. The van der Waals surface area contributed by atoms with Crippen LogP contribution in [0.1, 0.15) is 11.8 Å². The summed E-state index contributed by atoms with van der Waals surface area (Å²) < 4.78 is 18.4. The van der Waals surface area contributed by atoms with Crippen LogP contribution in [0.5, 0.6) is 17.2 Å². The number of hydrazone groups is 1. The van der Waals surface area contributed by atoms with Crippen molar-refractivity contribution < 1.29 is 19.0 Å². The second kappa shape index (κ2) is 11.7. The van der Waals surface area contributed by atoms with E-state index in [9.17, 15) is 4.79 Å². The number of thioether (sulfide) groups is 1. The molecular formula is C25H25N5O4S2. The van der Waals surface area contributed by atoms with Crippen molar-refractivity contribution in [1.82, 2.24) is 20.2 Å². The van der Waals surface area contributed by atoms with Gasteiger partial charge in [-0.2, -0.15) is 5.10 Å². The Hall–Kier alpha value is -3.83. The maximum Gasteiger partial charge on any atom is 0.250 e. The number of nitrogens with zero attached hydrogens (tertiary/aromatic N) is 4. The summed E-state index contributed by atoms with van der Waals surface area (Å²) in [6.45, 7) is 1.86. The molecule has 0 unspecified atom stereocenters. The zero-order valence-electron chi connectivity index (χ0n) is 20.2. The summed E-state index contributed by atoms with van der Waals surface area (Å²) in [5.41, 5.74) is 4.93. The molecule has 0 fully saturated rings. The fourth-order valence-corrected chi connectivity index (χ4v) is 4.84. The van der Waals surface area contributed by atoms with Gasteiger partial charge >= 0.3 is 0 Å². The van der Waals surface area contributed by atoms with E-state index >= 15 is 0 Å². The summed E-state index contributed by atoms with van der Waals surface area (Å²) >= 11 is 2.83. The first kappa shape index (κ1) is 25.3. The number of rotatable bonds is 10. The van der Waals surface area contributed by atoms with Crippen LogP contribution in [0, 0.1) is 0 Å². The Morgan fingerprint density at radius 1 is 1.03 bits per heavy atom. The lowest BCUT2D eigenvalue weighted by Crippen LogP contribution is -2.21. The third-order valence-electron chi connectivity index (χ3n) is 5.13. The fraction of sp³-hybridized carbons (Fsp3) is 0.200. The zero-order chi connectivity index (χ0) is 25.5. The number of amides is 1. The van der Waals surface area contributed by atoms with Gasteiger partial charge in [-0.15, -0.1) is 21.5 Å². The number of carbonyl (C=O) groups is 1. The molecule has 0 saturated heterocycles. The summed E-state index contributed by atoms with van der Waals surface area (Å²) in [6.07, 6.45) is 0. The van der Waals surface area contributed by atoms with Crippen molar-refractivity contribution in [3.05, 3.63) is 64.9 Å². The molecular weight excluding hydrogens is 498 g/mol. The molecule has 4 rings (SSSR count). The van der Waals surface area contributed by atoms with Crippen LogP contribution in [0.2, 0.25) is 0 Å². The molecule has 36 heavy (non-hydrogen) atoms. The Kier molecular flexibility index (Phi) is 8.24. The van der Waals surface area contributed by atoms with Crippen molar-refractivity contribution in [2.24, 2.45) is 5.10 Å². The number of methoxy groups -OCH3 is 3. The van der Waals surface area contributed by atoms with Gasteiger partial charge in [0, 0.05) is 16.1 Å². The van der Waals surface area contributed by atoms with Crippen LogP contribution in [0.4, 0.5) is 0 Å². The third-order valence-corrected chi connectivity index (χ3v) is 7.04. The molecule has 0 radical (unpaired) electrons. The normalized spacial score (nSPS) is 11.3. The van der Waals surface area contributed by atoms with E-state index in [1.165, 1.54) is 11.8 Å². The number of ether oxygens (including phenoxy) is 3. The average Bonchev–Trinajstić information content (AvgIpc) is 3.61. The van der Waals surface area contributed by atoms with Crippen LogP contribution in [0.15, 0.2) is 70.2 Å². The maximum absolute atomic E-state index is 12.5. The highest BCUT2D eigenvalue weighted by Crippen LogP contribution is 2.41. The molecule has 2 aromatic carbocycles. The van der Waals surface area contributed by atoms with Crippen molar-refractivity contribution in [3.8, 4) is 34.3 Å². The van der Waals surface area contributed by atoms with Crippen LogP contribution in [0.25, 0.3) is 17.1 Å². The summed E-state index contributed by atoms with van der Waals surface area (Å²) in [5, 5.41) is 15.5. The van der Waals surface area contributed by atoms with E-state index in [0.29, 0.717) is 33.8 Å². The predicted molar refractivity (Wildman–Crippen MR) is 142 cm³/mol. The number of nitrogens with one attached hydrogen (secondary N) is 1. The van der Waals surface area contributed by atoms with Gasteiger partial charge in [0.1, 0.15) is 0 Å². The average molecular weight is 524 g/mol. The van der Waals surface area contributed by atoms with Crippen LogP contribution < -0.4 is 19.6 Å². The van der Waals surface area contributed by atoms with Crippen LogP contribution in [-0.2, 0) is 4.79 Å². The molecule has 0 aliphatic heterocycles. The first-order valence-electron chi connectivity index (χ1n) is 10.9. The van der Waals surface area contributed by atoms with Gasteiger partial charge < -0.3 is 14.2 Å². The van der Waals surface area contributed by atoms with Gasteiger partial charge in [-0.1, -0.05) is 36.0 Å². The lowest BCUT2D eigenvalue weighted by Gasteiger charge is -2.15. The smallest absolute Gasteiger partial charge is 0.250 e. The minimum Gasteiger partial charge on any atom is -0.493 e. The van der Waals surface area contributed by atoms with E-state index in [2.05, 4.69) is 20.7 Å². The van der Waals surface area contributed by atoms with Gasteiger partial charge in [0.2, 0.25) is 5.75 Å². The first-order valence-corrected chi connectivity index (χ1v) is 12.7. The van der Waals surface area contributed by atoms with Crippen LogP contribution >= 0.6 is 23.1 Å². The SMILES string of the molecule is COc1cc(-c2nnc(SCC(=O)N/N=C(/C)c3cccs3)n2-c2ccccc2)cc(OC)c1OC. The monoisotopic (exact) mass is 523 g/mol. The first-order chi connectivity index (χ1) is 17.5. The lowest BCUT2D eigenvalue weighted by atomic mass is 10.1. The Balaban J connectivity index is 1.63. The second-order valence-corrected chi connectivity index (χ2v) is 9.28. The predicted octanol–water partition coefficient (Wildman–Crippen LogP) is 4.65. The molecule has 0 aliphatic carbocycles. The highest BCUT2D eigenvalue weighted by atomic mass is 32.2. The summed E-state index contributed by atoms with van der Waals surface area (Å²) in [5.74, 6) is 1.92. The standard InChI is InChI=1S/C25H25N5O4S2/c1-16(21-11-8-12-35-21)26-27-22(31)15-36-25-29-28-24(30(25)18-9-6-5-7-10-18)17-13-19(32-2)23(34-4)20(14-17)33-3/h5-14H,15H2,1-4H3,(H,27,31)/b26-16-. The number of hydrogen-bond acceptors (Lipinski definition) is 9. The van der Waals surface area contributed by atoms with Crippen molar-refractivity contribution in [3.63, 3.8) is 0 Å². The van der Waals surface area contributed by atoms with E-state index in [-0.39, 0.29) is 11.7 Å². The lowest BCUT2D eigenvalue weighted by molar-refractivity contribution is -0.118. The minimum absolute atomic E-state index is 0.113. The summed E-state index contributed by atoms with van der Waals surface area (Å²) in [4.78, 5) is 13.5. The number of hydrogen-bond donors (Lipinski definition) is 1. The van der Waals surface area contributed by atoms with E-state index < -0.39 is 0 Å². The van der Waals surface area contributed by atoms with Gasteiger partial charge in [-0.25, -0.2) is 5.43 Å². The van der Waals surface area contributed by atoms with Crippen LogP contribution in [-0.4, -0.2) is 53.5 Å². The van der Waals surface area contributed by atoms with E-state index in [1.54, 1.807) is 32.7 Å². The van der Waals surface area contributed by atoms with E-state index in [0.717, 1.165) is 16.3 Å². The van der Waals surface area contributed by atoms with Gasteiger partial charge in [-0.3, -0.25) is 9.36 Å². The van der Waals surface area contributed by atoms with Crippen molar-refractivity contribution in [2.75, 3.05) is 27.1 Å². The Morgan fingerprint density at radius 3 is 2.36 bits per heavy atom. The molecule has 9 nitrogen and oxygen atoms in total. The highest BCUT2D eigenvalue weighted by molar-refractivity contribution is 7.99. The maximum atomic E-state index is 12.5. The third kappa shape index (κ3) is 5.52. The number of thiophene rings is 1. The van der Waals surface area contributed by atoms with E-state index in [1.807, 2.05) is 71.5 Å². The molecule has 0 atom stereocenters. The summed E-state index contributed by atoms with van der Waals surface area (Å²) in [6, 6.07) is 17.2. The number of para-hydroxylation sites is 1. The second-order valence-electron chi connectivity index (χ2n) is 7.39. The number of aromatic nitrogens is 3. The van der Waals surface area contributed by atoms with Gasteiger partial charge in [0.25, 0.3) is 5.91 Å². The van der Waals surface area contributed by atoms with Crippen molar-refractivity contribution >= 4 is 34.7 Å². The zero-order valence-corrected chi connectivity index (χ0v) is 21.9. The quantitative estimate of drug-likeness (QED) is 0.183. The molecule has 0 bridgehead atoms. The molecule has 2 heterocycles. The topological polar surface area (TPSA) is 99.9 Å². The molecule has 186 valence electrons.